The maximum Gasteiger partial charge on any atom is 0.259 e. The Bertz CT molecular complexity index is 1070. The van der Waals surface area contributed by atoms with Crippen molar-refractivity contribution >= 4 is 56.4 Å². The van der Waals surface area contributed by atoms with Crippen molar-refractivity contribution in [2.24, 2.45) is 0 Å². The average molecular weight is 437 g/mol. The molecule has 8 heteroatoms. The highest BCUT2D eigenvalue weighted by atomic mass is 33.1. The molecule has 2 heterocycles. The van der Waals surface area contributed by atoms with Crippen LogP contribution in [0.25, 0.3) is 11.1 Å². The molecule has 2 aliphatic heterocycles. The zero-order chi connectivity index (χ0) is 21.4. The minimum atomic E-state index is -0.365. The van der Waals surface area contributed by atoms with Crippen molar-refractivity contribution in [2.75, 3.05) is 0 Å². The molecule has 2 aliphatic rings. The van der Waals surface area contributed by atoms with Gasteiger partial charge in [-0.2, -0.15) is 0 Å². The van der Waals surface area contributed by atoms with E-state index < -0.39 is 0 Å². The van der Waals surface area contributed by atoms with E-state index in [4.69, 9.17) is 0 Å². The van der Waals surface area contributed by atoms with Crippen LogP contribution in [0.4, 0.5) is 0 Å². The predicted octanol–water partition coefficient (Wildman–Crippen LogP) is 3.35. The van der Waals surface area contributed by atoms with Crippen LogP contribution < -0.4 is 10.6 Å². The fourth-order valence-electron chi connectivity index (χ4n) is 3.23. The summed E-state index contributed by atoms with van der Waals surface area (Å²) in [5.41, 5.74) is 3.11. The number of benzene rings is 2. The highest BCUT2D eigenvalue weighted by molar-refractivity contribution is 8.76. The summed E-state index contributed by atoms with van der Waals surface area (Å²) in [6, 6.07) is 14.9. The third-order valence-electron chi connectivity index (χ3n) is 4.86. The molecule has 2 aromatic rings. The largest absolute Gasteiger partial charge is 0.288 e. The lowest BCUT2D eigenvalue weighted by Gasteiger charge is -2.06. The number of hydrogen-bond donors (Lipinski definition) is 2. The highest BCUT2D eigenvalue weighted by Gasteiger charge is 2.28. The van der Waals surface area contributed by atoms with Crippen molar-refractivity contribution in [2.45, 2.75) is 23.6 Å². The third-order valence-corrected chi connectivity index (χ3v) is 7.28. The van der Waals surface area contributed by atoms with Gasteiger partial charge in [-0.3, -0.25) is 29.8 Å². The summed E-state index contributed by atoms with van der Waals surface area (Å²) in [6.07, 6.45) is 0. The molecule has 0 fully saturated rings. The molecule has 0 radical (unpaired) electrons. The molecule has 4 rings (SSSR count). The van der Waals surface area contributed by atoms with Gasteiger partial charge in [-0.25, -0.2) is 0 Å². The summed E-state index contributed by atoms with van der Waals surface area (Å²) in [4.78, 5) is 49.1. The molecule has 6 nitrogen and oxygen atoms in total. The first-order chi connectivity index (χ1) is 14.3. The van der Waals surface area contributed by atoms with Crippen LogP contribution in [-0.2, 0) is 19.2 Å². The van der Waals surface area contributed by atoms with E-state index in [0.29, 0.717) is 33.4 Å². The van der Waals surface area contributed by atoms with Gasteiger partial charge in [0.25, 0.3) is 23.6 Å². The second-order valence-corrected chi connectivity index (χ2v) is 9.06. The van der Waals surface area contributed by atoms with Crippen LogP contribution in [0.3, 0.4) is 0 Å². The molecular formula is C22H16N2O4S2. The lowest BCUT2D eigenvalue weighted by Crippen LogP contribution is -2.22. The van der Waals surface area contributed by atoms with Gasteiger partial charge in [-0.05, 0) is 49.2 Å². The van der Waals surface area contributed by atoms with Crippen molar-refractivity contribution in [1.29, 1.82) is 0 Å². The quantitative estimate of drug-likeness (QED) is 0.552. The standard InChI is InChI=1S/C22H16N2O4S2/c1-11-17(21(27)23-19(11)25)13-3-7-15(8-4-13)29-30-16-9-5-14(6-10-16)18-12(2)20(26)24-22(18)28/h3-10H,1-2H3,(H,23,25,27)(H,24,26,28). The zero-order valence-electron chi connectivity index (χ0n) is 16.1. The summed E-state index contributed by atoms with van der Waals surface area (Å²) in [5, 5.41) is 4.60. The number of rotatable bonds is 5. The maximum absolute atomic E-state index is 11.9. The molecule has 0 unspecified atom stereocenters. The van der Waals surface area contributed by atoms with E-state index in [1.165, 1.54) is 0 Å². The fourth-order valence-corrected chi connectivity index (χ4v) is 5.16. The van der Waals surface area contributed by atoms with Gasteiger partial charge in [0.1, 0.15) is 0 Å². The molecule has 0 saturated carbocycles. The maximum atomic E-state index is 11.9. The van der Waals surface area contributed by atoms with E-state index in [1.54, 1.807) is 35.4 Å². The SMILES string of the molecule is CC1=C(c2ccc(SSc3ccc(C4=C(C)C(=O)NC4=O)cc3)cc2)C(=O)NC1=O. The summed E-state index contributed by atoms with van der Waals surface area (Å²) in [7, 11) is 3.11. The van der Waals surface area contributed by atoms with Gasteiger partial charge < -0.3 is 0 Å². The van der Waals surface area contributed by atoms with Crippen molar-refractivity contribution in [1.82, 2.24) is 10.6 Å². The first kappa shape index (κ1) is 20.2. The summed E-state index contributed by atoms with van der Waals surface area (Å²) in [6.45, 7) is 3.28. The molecule has 0 bridgehead atoms. The predicted molar refractivity (Wildman–Crippen MR) is 116 cm³/mol. The molecule has 0 saturated heterocycles. The molecule has 0 aliphatic carbocycles. The van der Waals surface area contributed by atoms with Crippen LogP contribution in [0, 0.1) is 0 Å². The number of carbonyl (C=O) groups is 4. The summed E-state index contributed by atoms with van der Waals surface area (Å²) >= 11 is 0. The number of nitrogens with one attached hydrogen (secondary N) is 2. The van der Waals surface area contributed by atoms with Gasteiger partial charge in [-0.1, -0.05) is 45.9 Å². The first-order valence-corrected chi connectivity index (χ1v) is 11.2. The molecule has 30 heavy (non-hydrogen) atoms. The van der Waals surface area contributed by atoms with Gasteiger partial charge >= 0.3 is 0 Å². The second kappa shape index (κ2) is 7.97. The third kappa shape index (κ3) is 3.71. The molecule has 4 amide bonds. The second-order valence-electron chi connectivity index (χ2n) is 6.78. The molecule has 150 valence electrons. The normalized spacial score (nSPS) is 16.5. The topological polar surface area (TPSA) is 92.3 Å². The van der Waals surface area contributed by atoms with Gasteiger partial charge in [0.05, 0.1) is 11.1 Å². The molecule has 2 aromatic carbocycles. The van der Waals surface area contributed by atoms with E-state index in [1.807, 2.05) is 48.5 Å². The van der Waals surface area contributed by atoms with Crippen molar-refractivity contribution < 1.29 is 19.2 Å². The Morgan fingerprint density at radius 3 is 1.13 bits per heavy atom. The lowest BCUT2D eigenvalue weighted by atomic mass is 10.0. The Morgan fingerprint density at radius 1 is 0.533 bits per heavy atom. The van der Waals surface area contributed by atoms with Crippen LogP contribution in [0.1, 0.15) is 25.0 Å². The van der Waals surface area contributed by atoms with Crippen LogP contribution in [0.5, 0.6) is 0 Å². The Hall–Kier alpha value is -3.10. The van der Waals surface area contributed by atoms with E-state index in [0.717, 1.165) is 9.79 Å². The van der Waals surface area contributed by atoms with E-state index in [2.05, 4.69) is 10.6 Å². The monoisotopic (exact) mass is 436 g/mol. The van der Waals surface area contributed by atoms with Crippen molar-refractivity contribution in [3.8, 4) is 0 Å². The van der Waals surface area contributed by atoms with E-state index >= 15 is 0 Å². The fraction of sp³-hybridized carbons (Fsp3) is 0.0909. The Labute approximate surface area is 180 Å². The van der Waals surface area contributed by atoms with Gasteiger partial charge in [0, 0.05) is 20.9 Å². The molecule has 0 atom stereocenters. The number of hydrogen-bond acceptors (Lipinski definition) is 6. The average Bonchev–Trinajstić information content (AvgIpc) is 3.14. The van der Waals surface area contributed by atoms with Crippen molar-refractivity contribution in [3.63, 3.8) is 0 Å². The Morgan fingerprint density at radius 2 is 0.867 bits per heavy atom. The van der Waals surface area contributed by atoms with Crippen LogP contribution in [0.2, 0.25) is 0 Å². The Balaban J connectivity index is 1.43. The molecule has 0 spiro atoms. The van der Waals surface area contributed by atoms with Gasteiger partial charge in [-0.15, -0.1) is 0 Å². The highest BCUT2D eigenvalue weighted by Crippen LogP contribution is 2.38. The number of amides is 4. The summed E-state index contributed by atoms with van der Waals surface area (Å²) < 4.78 is 0. The Kier molecular flexibility index (Phi) is 5.36. The minimum Gasteiger partial charge on any atom is -0.288 e. The molecule has 0 aromatic heterocycles. The zero-order valence-corrected chi connectivity index (χ0v) is 17.7. The minimum absolute atomic E-state index is 0.349. The van der Waals surface area contributed by atoms with E-state index in [9.17, 15) is 19.2 Å². The number of carbonyl (C=O) groups excluding carboxylic acids is 4. The smallest absolute Gasteiger partial charge is 0.259 e. The lowest BCUT2D eigenvalue weighted by molar-refractivity contribution is -0.125. The van der Waals surface area contributed by atoms with E-state index in [-0.39, 0.29) is 23.6 Å². The summed E-state index contributed by atoms with van der Waals surface area (Å²) in [5.74, 6) is -1.43. The molecular weight excluding hydrogens is 420 g/mol. The van der Waals surface area contributed by atoms with Gasteiger partial charge in [0.2, 0.25) is 0 Å². The first-order valence-electron chi connectivity index (χ1n) is 9.03. The van der Waals surface area contributed by atoms with Crippen LogP contribution >= 0.6 is 21.6 Å². The van der Waals surface area contributed by atoms with Crippen LogP contribution in [-0.4, -0.2) is 23.6 Å². The van der Waals surface area contributed by atoms with Gasteiger partial charge in [0.15, 0.2) is 0 Å². The van der Waals surface area contributed by atoms with Crippen LogP contribution in [0.15, 0.2) is 69.5 Å². The number of imide groups is 2. The van der Waals surface area contributed by atoms with Crippen molar-refractivity contribution in [3.05, 3.63) is 70.8 Å². The molecule has 2 N–H and O–H groups in total.